The van der Waals surface area contributed by atoms with Crippen LogP contribution in [0.4, 0.5) is 10.5 Å². The molecular weight excluding hydrogens is 372 g/mol. The Morgan fingerprint density at radius 3 is 2.14 bits per heavy atom. The van der Waals surface area contributed by atoms with Crippen LogP contribution in [0.5, 0.6) is 0 Å². The molecule has 0 unspecified atom stereocenters. The number of ether oxygens (including phenoxy) is 2. The molecule has 162 valence electrons. The highest BCUT2D eigenvalue weighted by atomic mass is 16.6. The number of hydrogen-bond donors (Lipinski definition) is 2. The van der Waals surface area contributed by atoms with Gasteiger partial charge in [-0.25, -0.2) is 4.79 Å². The number of rotatable bonds is 12. The van der Waals surface area contributed by atoms with Crippen LogP contribution in [0.25, 0.3) is 0 Å². The molecule has 7 nitrogen and oxygen atoms in total. The van der Waals surface area contributed by atoms with Crippen molar-refractivity contribution in [2.24, 2.45) is 0 Å². The highest BCUT2D eigenvalue weighted by molar-refractivity contribution is 5.90. The molecule has 29 heavy (non-hydrogen) atoms. The number of anilines is 1. The summed E-state index contributed by atoms with van der Waals surface area (Å²) >= 11 is 0. The number of amides is 2. The Morgan fingerprint density at radius 2 is 1.55 bits per heavy atom. The van der Waals surface area contributed by atoms with Crippen LogP contribution in [0.2, 0.25) is 0 Å². The minimum atomic E-state index is -0.528. The fourth-order valence-electron chi connectivity index (χ4n) is 2.61. The van der Waals surface area contributed by atoms with Gasteiger partial charge in [-0.15, -0.1) is 0 Å². The fourth-order valence-corrected chi connectivity index (χ4v) is 2.61. The normalized spacial score (nSPS) is 11.0. The molecule has 0 aliphatic rings. The second-order valence-electron chi connectivity index (χ2n) is 7.99. The summed E-state index contributed by atoms with van der Waals surface area (Å²) in [4.78, 5) is 35.0. The SMILES string of the molecule is COCC(=O)CCCCCCC(=O)Nc1ccc(CNC(=O)OC(C)(C)C)cc1. The van der Waals surface area contributed by atoms with Crippen LogP contribution in [0.3, 0.4) is 0 Å². The number of methoxy groups -OCH3 is 1. The first kappa shape index (κ1) is 24.6. The van der Waals surface area contributed by atoms with Crippen LogP contribution in [0, 0.1) is 0 Å². The van der Waals surface area contributed by atoms with Gasteiger partial charge in [-0.3, -0.25) is 9.59 Å². The zero-order valence-electron chi connectivity index (χ0n) is 18.0. The third kappa shape index (κ3) is 12.6. The topological polar surface area (TPSA) is 93.7 Å². The van der Waals surface area contributed by atoms with E-state index < -0.39 is 11.7 Å². The minimum absolute atomic E-state index is 0.0277. The Hall–Kier alpha value is -2.41. The second-order valence-corrected chi connectivity index (χ2v) is 7.99. The van der Waals surface area contributed by atoms with E-state index in [1.165, 1.54) is 7.11 Å². The van der Waals surface area contributed by atoms with E-state index in [1.807, 2.05) is 45.0 Å². The Labute approximate surface area is 173 Å². The van der Waals surface area contributed by atoms with Crippen molar-refractivity contribution in [1.82, 2.24) is 5.32 Å². The number of hydrogen-bond acceptors (Lipinski definition) is 5. The van der Waals surface area contributed by atoms with Gasteiger partial charge in [-0.05, 0) is 51.3 Å². The number of ketones is 1. The summed E-state index contributed by atoms with van der Waals surface area (Å²) in [5, 5.41) is 5.57. The largest absolute Gasteiger partial charge is 0.444 e. The van der Waals surface area contributed by atoms with E-state index in [0.717, 1.165) is 36.9 Å². The van der Waals surface area contributed by atoms with Crippen LogP contribution >= 0.6 is 0 Å². The molecule has 1 aromatic carbocycles. The minimum Gasteiger partial charge on any atom is -0.444 e. The monoisotopic (exact) mass is 406 g/mol. The predicted octanol–water partition coefficient (Wildman–Crippen LogP) is 4.21. The smallest absolute Gasteiger partial charge is 0.407 e. The lowest BCUT2D eigenvalue weighted by Gasteiger charge is -2.19. The van der Waals surface area contributed by atoms with Crippen molar-refractivity contribution in [3.05, 3.63) is 29.8 Å². The molecular formula is C22H34N2O5. The first-order chi connectivity index (χ1) is 13.7. The molecule has 0 aliphatic heterocycles. The van der Waals surface area contributed by atoms with Crippen molar-refractivity contribution in [2.75, 3.05) is 19.0 Å². The summed E-state index contributed by atoms with van der Waals surface area (Å²) in [5.74, 6) is 0.0927. The summed E-state index contributed by atoms with van der Waals surface area (Å²) < 4.78 is 9.98. The maximum atomic E-state index is 12.0. The molecule has 0 heterocycles. The summed E-state index contributed by atoms with van der Waals surface area (Å²) in [6.45, 7) is 5.98. The molecule has 0 bridgehead atoms. The number of nitrogens with one attached hydrogen (secondary N) is 2. The van der Waals surface area contributed by atoms with Gasteiger partial charge in [0.2, 0.25) is 5.91 Å². The fraction of sp³-hybridized carbons (Fsp3) is 0.591. The van der Waals surface area contributed by atoms with Crippen molar-refractivity contribution in [2.45, 2.75) is 71.4 Å². The lowest BCUT2D eigenvalue weighted by molar-refractivity contribution is -0.122. The summed E-state index contributed by atoms with van der Waals surface area (Å²) in [6, 6.07) is 7.32. The van der Waals surface area contributed by atoms with Crippen LogP contribution in [-0.4, -0.2) is 37.1 Å². The van der Waals surface area contributed by atoms with Crippen molar-refractivity contribution in [3.8, 4) is 0 Å². The maximum absolute atomic E-state index is 12.0. The molecule has 0 spiro atoms. The van der Waals surface area contributed by atoms with E-state index in [9.17, 15) is 14.4 Å². The van der Waals surface area contributed by atoms with Gasteiger partial charge in [0.15, 0.2) is 5.78 Å². The first-order valence-electron chi connectivity index (χ1n) is 10.1. The molecule has 2 N–H and O–H groups in total. The van der Waals surface area contributed by atoms with Crippen LogP contribution < -0.4 is 10.6 Å². The third-order valence-corrected chi connectivity index (χ3v) is 3.99. The Balaban J connectivity index is 2.21. The summed E-state index contributed by atoms with van der Waals surface area (Å²) in [6.07, 6.45) is 4.01. The average molecular weight is 407 g/mol. The van der Waals surface area contributed by atoms with E-state index in [0.29, 0.717) is 19.4 Å². The zero-order chi connectivity index (χ0) is 21.7. The number of alkyl carbamates (subject to hydrolysis) is 1. The van der Waals surface area contributed by atoms with E-state index in [2.05, 4.69) is 10.6 Å². The lowest BCUT2D eigenvalue weighted by atomic mass is 10.1. The van der Waals surface area contributed by atoms with E-state index >= 15 is 0 Å². The Kier molecular flexibility index (Phi) is 11.0. The molecule has 0 saturated carbocycles. The number of carbonyl (C=O) groups is 3. The van der Waals surface area contributed by atoms with E-state index in [4.69, 9.17) is 9.47 Å². The molecule has 0 saturated heterocycles. The van der Waals surface area contributed by atoms with Gasteiger partial charge >= 0.3 is 6.09 Å². The zero-order valence-corrected chi connectivity index (χ0v) is 18.0. The van der Waals surface area contributed by atoms with Gasteiger partial charge in [0.1, 0.15) is 12.2 Å². The van der Waals surface area contributed by atoms with E-state index in [1.54, 1.807) is 0 Å². The molecule has 0 aromatic heterocycles. The maximum Gasteiger partial charge on any atom is 0.407 e. The molecule has 0 radical (unpaired) electrons. The third-order valence-electron chi connectivity index (χ3n) is 3.99. The molecule has 0 fully saturated rings. The number of carbonyl (C=O) groups excluding carboxylic acids is 3. The summed E-state index contributed by atoms with van der Waals surface area (Å²) in [7, 11) is 1.52. The summed E-state index contributed by atoms with van der Waals surface area (Å²) in [5.41, 5.74) is 1.11. The van der Waals surface area contributed by atoms with Crippen LogP contribution in [0.15, 0.2) is 24.3 Å². The van der Waals surface area contributed by atoms with Crippen LogP contribution in [-0.2, 0) is 25.6 Å². The van der Waals surface area contributed by atoms with Gasteiger partial charge in [-0.1, -0.05) is 25.0 Å². The molecule has 7 heteroatoms. The standard InChI is InChI=1S/C22H34N2O5/c1-22(2,3)29-21(27)23-15-17-11-13-18(14-12-17)24-20(26)10-8-6-5-7-9-19(25)16-28-4/h11-14H,5-10,15-16H2,1-4H3,(H,23,27)(H,24,26). The predicted molar refractivity (Wildman–Crippen MR) is 113 cm³/mol. The molecule has 1 aromatic rings. The van der Waals surface area contributed by atoms with Crippen molar-refractivity contribution < 1.29 is 23.9 Å². The number of Topliss-reactive ketones (excluding diaryl/α,β-unsaturated/α-hetero) is 1. The molecule has 1 rings (SSSR count). The molecule has 0 atom stereocenters. The Morgan fingerprint density at radius 1 is 0.931 bits per heavy atom. The molecule has 0 aliphatic carbocycles. The average Bonchev–Trinajstić information content (AvgIpc) is 2.63. The van der Waals surface area contributed by atoms with Gasteiger partial charge in [0.05, 0.1) is 0 Å². The van der Waals surface area contributed by atoms with Crippen molar-refractivity contribution in [1.29, 1.82) is 0 Å². The quantitative estimate of drug-likeness (QED) is 0.507. The highest BCUT2D eigenvalue weighted by Gasteiger charge is 2.15. The van der Waals surface area contributed by atoms with Crippen molar-refractivity contribution in [3.63, 3.8) is 0 Å². The second kappa shape index (κ2) is 12.9. The highest BCUT2D eigenvalue weighted by Crippen LogP contribution is 2.12. The van der Waals surface area contributed by atoms with Gasteiger partial charge in [-0.2, -0.15) is 0 Å². The van der Waals surface area contributed by atoms with E-state index in [-0.39, 0.29) is 18.3 Å². The van der Waals surface area contributed by atoms with Crippen LogP contribution in [0.1, 0.15) is 64.9 Å². The number of unbranched alkanes of at least 4 members (excludes halogenated alkanes) is 3. The van der Waals surface area contributed by atoms with Gasteiger partial charge in [0, 0.05) is 32.2 Å². The first-order valence-corrected chi connectivity index (χ1v) is 10.1. The Bertz CT molecular complexity index is 650. The molecule has 2 amide bonds. The van der Waals surface area contributed by atoms with Crippen molar-refractivity contribution >= 4 is 23.5 Å². The number of benzene rings is 1. The lowest BCUT2D eigenvalue weighted by Crippen LogP contribution is -2.32. The van der Waals surface area contributed by atoms with Gasteiger partial charge in [0.25, 0.3) is 0 Å². The van der Waals surface area contributed by atoms with Gasteiger partial charge < -0.3 is 20.1 Å².